The van der Waals surface area contributed by atoms with Crippen LogP contribution in [0.5, 0.6) is 0 Å². The maximum Gasteiger partial charge on any atom is 0.299 e. The first-order valence-corrected chi connectivity index (χ1v) is 6.51. The van der Waals surface area contributed by atoms with Crippen molar-refractivity contribution in [3.05, 3.63) is 29.3 Å². The second-order valence-corrected chi connectivity index (χ2v) is 4.94. The van der Waals surface area contributed by atoms with Crippen LogP contribution in [0, 0.1) is 17.6 Å². The zero-order valence-corrected chi connectivity index (χ0v) is 11.4. The Balaban J connectivity index is 2.29. The molecule has 1 heterocycles. The molecule has 0 aliphatic carbocycles. The lowest BCUT2D eigenvalue weighted by molar-refractivity contribution is -0.114. The Morgan fingerprint density at radius 1 is 1.30 bits per heavy atom. The summed E-state index contributed by atoms with van der Waals surface area (Å²) in [4.78, 5) is 24.8. The number of nitrogens with zero attached hydrogens (tertiary/aromatic N) is 1. The van der Waals surface area contributed by atoms with Crippen molar-refractivity contribution in [1.29, 1.82) is 0 Å². The number of halogens is 2. The molecule has 1 atom stereocenters. The molecule has 2 rings (SSSR count). The fraction of sp³-hybridized carbons (Fsp3) is 0.429. The molecule has 0 spiro atoms. The van der Waals surface area contributed by atoms with Crippen LogP contribution in [-0.2, 0) is 4.79 Å². The number of carbonyl (C=O) groups is 2. The van der Waals surface area contributed by atoms with E-state index in [1.54, 1.807) is 0 Å². The van der Waals surface area contributed by atoms with Gasteiger partial charge in [0.2, 0.25) is 0 Å². The zero-order chi connectivity index (χ0) is 14.9. The van der Waals surface area contributed by atoms with E-state index in [1.165, 1.54) is 0 Å². The molecule has 0 fully saturated rings. The van der Waals surface area contributed by atoms with Crippen LogP contribution in [-0.4, -0.2) is 31.3 Å². The quantitative estimate of drug-likeness (QED) is 0.837. The van der Waals surface area contributed by atoms with Crippen LogP contribution in [0.15, 0.2) is 12.1 Å². The average molecular weight is 282 g/mol. The van der Waals surface area contributed by atoms with Crippen molar-refractivity contribution in [3.63, 3.8) is 0 Å². The SMILES string of the molecule is CCNCC(C)CN1C(=O)C(=O)c2c(F)cc(F)cc21. The van der Waals surface area contributed by atoms with E-state index in [9.17, 15) is 18.4 Å². The average Bonchev–Trinajstić information content (AvgIpc) is 2.61. The molecular weight excluding hydrogens is 266 g/mol. The number of hydrogen-bond donors (Lipinski definition) is 1. The minimum absolute atomic E-state index is 0.0286. The van der Waals surface area contributed by atoms with Gasteiger partial charge >= 0.3 is 0 Å². The van der Waals surface area contributed by atoms with Gasteiger partial charge in [-0.05, 0) is 25.1 Å². The number of carbonyl (C=O) groups excluding carboxylic acids is 2. The van der Waals surface area contributed by atoms with E-state index in [4.69, 9.17) is 0 Å². The summed E-state index contributed by atoms with van der Waals surface area (Å²) in [6, 6.07) is 1.65. The van der Waals surface area contributed by atoms with Crippen molar-refractivity contribution in [1.82, 2.24) is 5.32 Å². The normalized spacial score (nSPS) is 15.7. The Hall–Kier alpha value is -1.82. The molecule has 1 N–H and O–H groups in total. The van der Waals surface area contributed by atoms with Crippen molar-refractivity contribution >= 4 is 17.4 Å². The Labute approximate surface area is 115 Å². The number of Topliss-reactive ketones (excluding diaryl/α,β-unsaturated/α-hetero) is 1. The fourth-order valence-corrected chi connectivity index (χ4v) is 2.28. The summed E-state index contributed by atoms with van der Waals surface area (Å²) in [5.41, 5.74) is -0.298. The van der Waals surface area contributed by atoms with E-state index >= 15 is 0 Å². The van der Waals surface area contributed by atoms with Crippen LogP contribution < -0.4 is 10.2 Å². The maximum absolute atomic E-state index is 13.6. The fourth-order valence-electron chi connectivity index (χ4n) is 2.28. The third-order valence-electron chi connectivity index (χ3n) is 3.23. The summed E-state index contributed by atoms with van der Waals surface area (Å²) in [6.07, 6.45) is 0. The Bertz CT molecular complexity index is 560. The van der Waals surface area contributed by atoms with Gasteiger partial charge in [-0.2, -0.15) is 0 Å². The van der Waals surface area contributed by atoms with Crippen molar-refractivity contribution in [2.45, 2.75) is 13.8 Å². The van der Waals surface area contributed by atoms with Gasteiger partial charge in [0.15, 0.2) is 0 Å². The summed E-state index contributed by atoms with van der Waals surface area (Å²) in [5.74, 6) is -3.43. The highest BCUT2D eigenvalue weighted by Crippen LogP contribution is 2.32. The lowest BCUT2D eigenvalue weighted by Gasteiger charge is -2.21. The van der Waals surface area contributed by atoms with Crippen LogP contribution in [0.3, 0.4) is 0 Å². The lowest BCUT2D eigenvalue weighted by Crippen LogP contribution is -2.36. The van der Waals surface area contributed by atoms with Crippen LogP contribution in [0.4, 0.5) is 14.5 Å². The van der Waals surface area contributed by atoms with Gasteiger partial charge in [-0.3, -0.25) is 9.59 Å². The molecule has 1 aliphatic rings. The van der Waals surface area contributed by atoms with Gasteiger partial charge in [-0.1, -0.05) is 13.8 Å². The third-order valence-corrected chi connectivity index (χ3v) is 3.23. The smallest absolute Gasteiger partial charge is 0.299 e. The second-order valence-electron chi connectivity index (χ2n) is 4.94. The molecule has 4 nitrogen and oxygen atoms in total. The standard InChI is InChI=1S/C14H16F2N2O2/c1-3-17-6-8(2)7-18-11-5-9(15)4-10(16)12(11)13(19)14(18)20/h4-5,8,17H,3,6-7H2,1-2H3. The van der Waals surface area contributed by atoms with Crippen molar-refractivity contribution in [2.24, 2.45) is 5.92 Å². The maximum atomic E-state index is 13.6. The first-order chi connectivity index (χ1) is 9.45. The molecule has 1 amide bonds. The van der Waals surface area contributed by atoms with Crippen LogP contribution >= 0.6 is 0 Å². The van der Waals surface area contributed by atoms with Gasteiger partial charge in [0.05, 0.1) is 11.3 Å². The van der Waals surface area contributed by atoms with E-state index in [2.05, 4.69) is 5.32 Å². The molecule has 0 aromatic heterocycles. The summed E-state index contributed by atoms with van der Waals surface area (Å²) < 4.78 is 26.9. The first kappa shape index (κ1) is 14.6. The number of anilines is 1. The molecule has 20 heavy (non-hydrogen) atoms. The molecule has 0 saturated carbocycles. The van der Waals surface area contributed by atoms with Crippen molar-refractivity contribution < 1.29 is 18.4 Å². The van der Waals surface area contributed by atoms with Crippen molar-refractivity contribution in [2.75, 3.05) is 24.5 Å². The molecule has 0 saturated heterocycles. The van der Waals surface area contributed by atoms with Gasteiger partial charge in [-0.15, -0.1) is 0 Å². The topological polar surface area (TPSA) is 49.4 Å². The number of nitrogens with one attached hydrogen (secondary N) is 1. The first-order valence-electron chi connectivity index (χ1n) is 6.51. The monoisotopic (exact) mass is 282 g/mol. The minimum atomic E-state index is -0.986. The van der Waals surface area contributed by atoms with Crippen LogP contribution in [0.2, 0.25) is 0 Å². The summed E-state index contributed by atoms with van der Waals surface area (Å²) in [7, 11) is 0. The number of hydrogen-bond acceptors (Lipinski definition) is 3. The number of ketones is 1. The van der Waals surface area contributed by atoms with Crippen LogP contribution in [0.1, 0.15) is 24.2 Å². The zero-order valence-electron chi connectivity index (χ0n) is 11.4. The molecule has 0 radical (unpaired) electrons. The van der Waals surface area contributed by atoms with Gasteiger partial charge in [0.25, 0.3) is 11.7 Å². The molecule has 0 bridgehead atoms. The van der Waals surface area contributed by atoms with Gasteiger partial charge in [0, 0.05) is 12.6 Å². The summed E-state index contributed by atoms with van der Waals surface area (Å²) in [5, 5.41) is 3.12. The van der Waals surface area contributed by atoms with Gasteiger partial charge in [0.1, 0.15) is 11.6 Å². The number of fused-ring (bicyclic) bond motifs is 1. The molecule has 108 valence electrons. The summed E-state index contributed by atoms with van der Waals surface area (Å²) in [6.45, 7) is 5.54. The molecule has 1 unspecified atom stereocenters. The van der Waals surface area contributed by atoms with Gasteiger partial charge < -0.3 is 10.2 Å². The van der Waals surface area contributed by atoms with E-state index < -0.39 is 23.3 Å². The lowest BCUT2D eigenvalue weighted by atomic mass is 10.1. The number of benzene rings is 1. The Kier molecular flexibility index (Phi) is 4.13. The van der Waals surface area contributed by atoms with Gasteiger partial charge in [-0.25, -0.2) is 8.78 Å². The predicted octanol–water partition coefficient (Wildman–Crippen LogP) is 1.74. The van der Waals surface area contributed by atoms with E-state index in [0.717, 1.165) is 17.5 Å². The Morgan fingerprint density at radius 2 is 2.00 bits per heavy atom. The van der Waals surface area contributed by atoms with Crippen molar-refractivity contribution in [3.8, 4) is 0 Å². The highest BCUT2D eigenvalue weighted by Gasteiger charge is 2.39. The molecular formula is C14H16F2N2O2. The highest BCUT2D eigenvalue weighted by atomic mass is 19.1. The molecule has 1 aliphatic heterocycles. The highest BCUT2D eigenvalue weighted by molar-refractivity contribution is 6.52. The van der Waals surface area contributed by atoms with E-state index in [1.807, 2.05) is 13.8 Å². The second kappa shape index (κ2) is 5.66. The van der Waals surface area contributed by atoms with E-state index in [0.29, 0.717) is 12.6 Å². The Morgan fingerprint density at radius 3 is 2.65 bits per heavy atom. The third kappa shape index (κ3) is 2.56. The van der Waals surface area contributed by atoms with Crippen LogP contribution in [0.25, 0.3) is 0 Å². The number of rotatable bonds is 5. The molecule has 1 aromatic carbocycles. The largest absolute Gasteiger partial charge is 0.317 e. The predicted molar refractivity (Wildman–Crippen MR) is 70.7 cm³/mol. The van der Waals surface area contributed by atoms with E-state index in [-0.39, 0.29) is 23.7 Å². The molecule has 1 aromatic rings. The minimum Gasteiger partial charge on any atom is -0.317 e. The molecule has 6 heteroatoms. The summed E-state index contributed by atoms with van der Waals surface area (Å²) >= 11 is 0. The number of amides is 1.